The summed E-state index contributed by atoms with van der Waals surface area (Å²) in [6.45, 7) is 8.75. The molecule has 18 heavy (non-hydrogen) atoms. The van der Waals surface area contributed by atoms with Gasteiger partial charge in [0.1, 0.15) is 12.4 Å². The molecule has 0 spiro atoms. The second kappa shape index (κ2) is 6.10. The highest BCUT2D eigenvalue weighted by Crippen LogP contribution is 2.22. The van der Waals surface area contributed by atoms with E-state index in [2.05, 4.69) is 18.7 Å². The minimum Gasteiger partial charge on any atom is -0.490 e. The number of nitrogen functional groups attached to an aromatic ring is 1. The SMILES string of the molecule is CC1CC(C)CN(CCOc2ccccc2N)C1. The van der Waals surface area contributed by atoms with Crippen molar-refractivity contribution in [1.82, 2.24) is 4.90 Å². The van der Waals surface area contributed by atoms with Gasteiger partial charge in [0.2, 0.25) is 0 Å². The predicted molar refractivity (Wildman–Crippen MR) is 75.7 cm³/mol. The topological polar surface area (TPSA) is 38.5 Å². The molecule has 1 aliphatic rings. The van der Waals surface area contributed by atoms with Gasteiger partial charge < -0.3 is 10.5 Å². The lowest BCUT2D eigenvalue weighted by atomic mass is 9.92. The van der Waals surface area contributed by atoms with Gasteiger partial charge in [0.05, 0.1) is 5.69 Å². The maximum Gasteiger partial charge on any atom is 0.142 e. The Hall–Kier alpha value is -1.22. The van der Waals surface area contributed by atoms with Crippen LogP contribution in [0.15, 0.2) is 24.3 Å². The van der Waals surface area contributed by atoms with Crippen LogP contribution in [-0.2, 0) is 0 Å². The molecular formula is C15H24N2O. The fraction of sp³-hybridized carbons (Fsp3) is 0.600. The monoisotopic (exact) mass is 248 g/mol. The first-order valence-corrected chi connectivity index (χ1v) is 6.85. The lowest BCUT2D eigenvalue weighted by Gasteiger charge is -2.34. The Morgan fingerprint density at radius 1 is 1.22 bits per heavy atom. The van der Waals surface area contributed by atoms with E-state index in [9.17, 15) is 0 Å². The molecule has 2 N–H and O–H groups in total. The van der Waals surface area contributed by atoms with Crippen LogP contribution in [0.4, 0.5) is 5.69 Å². The Balaban J connectivity index is 1.77. The minimum absolute atomic E-state index is 0.716. The zero-order chi connectivity index (χ0) is 13.0. The largest absolute Gasteiger partial charge is 0.490 e. The Labute approximate surface area is 110 Å². The van der Waals surface area contributed by atoms with Crippen LogP contribution >= 0.6 is 0 Å². The lowest BCUT2D eigenvalue weighted by Crippen LogP contribution is -2.40. The summed E-state index contributed by atoms with van der Waals surface area (Å²) >= 11 is 0. The van der Waals surface area contributed by atoms with Crippen LogP contribution in [-0.4, -0.2) is 31.1 Å². The first kappa shape index (κ1) is 13.2. The number of piperidine rings is 1. The van der Waals surface area contributed by atoms with Crippen molar-refractivity contribution in [2.24, 2.45) is 11.8 Å². The van der Waals surface area contributed by atoms with Crippen LogP contribution in [0.5, 0.6) is 5.75 Å². The molecule has 0 saturated carbocycles. The standard InChI is InChI=1S/C15H24N2O/c1-12-9-13(2)11-17(10-12)7-8-18-15-6-4-3-5-14(15)16/h3-6,12-13H,7-11,16H2,1-2H3. The van der Waals surface area contributed by atoms with Gasteiger partial charge >= 0.3 is 0 Å². The molecule has 2 unspecified atom stereocenters. The van der Waals surface area contributed by atoms with Crippen molar-refractivity contribution in [3.05, 3.63) is 24.3 Å². The highest BCUT2D eigenvalue weighted by Gasteiger charge is 2.21. The number of ether oxygens (including phenoxy) is 1. The van der Waals surface area contributed by atoms with Gasteiger partial charge in [-0.3, -0.25) is 4.90 Å². The second-order valence-corrected chi connectivity index (χ2v) is 5.59. The zero-order valence-corrected chi connectivity index (χ0v) is 11.4. The summed E-state index contributed by atoms with van der Waals surface area (Å²) in [7, 11) is 0. The molecule has 1 aromatic rings. The van der Waals surface area contributed by atoms with E-state index in [0.717, 1.165) is 29.8 Å². The van der Waals surface area contributed by atoms with Crippen molar-refractivity contribution in [3.8, 4) is 5.75 Å². The number of nitrogens with two attached hydrogens (primary N) is 1. The molecule has 0 radical (unpaired) electrons. The van der Waals surface area contributed by atoms with Crippen LogP contribution < -0.4 is 10.5 Å². The summed E-state index contributed by atoms with van der Waals surface area (Å²) < 4.78 is 5.74. The van der Waals surface area contributed by atoms with Crippen LogP contribution in [0.25, 0.3) is 0 Å². The molecule has 1 aromatic carbocycles. The lowest BCUT2D eigenvalue weighted by molar-refractivity contribution is 0.121. The van der Waals surface area contributed by atoms with E-state index in [1.54, 1.807) is 0 Å². The third-order valence-electron chi connectivity index (χ3n) is 3.53. The summed E-state index contributed by atoms with van der Waals surface area (Å²) in [6, 6.07) is 7.68. The van der Waals surface area contributed by atoms with Crippen LogP contribution in [0.1, 0.15) is 20.3 Å². The third-order valence-corrected chi connectivity index (χ3v) is 3.53. The van der Waals surface area contributed by atoms with Crippen LogP contribution in [0, 0.1) is 11.8 Å². The number of anilines is 1. The van der Waals surface area contributed by atoms with E-state index in [1.807, 2.05) is 24.3 Å². The van der Waals surface area contributed by atoms with Crippen LogP contribution in [0.3, 0.4) is 0 Å². The van der Waals surface area contributed by atoms with E-state index >= 15 is 0 Å². The average molecular weight is 248 g/mol. The summed E-state index contributed by atoms with van der Waals surface area (Å²) in [4.78, 5) is 2.50. The number of para-hydroxylation sites is 2. The molecule has 0 aromatic heterocycles. The van der Waals surface area contributed by atoms with Gasteiger partial charge in [-0.1, -0.05) is 26.0 Å². The first-order valence-electron chi connectivity index (χ1n) is 6.85. The molecule has 3 heteroatoms. The summed E-state index contributed by atoms with van der Waals surface area (Å²) in [5.41, 5.74) is 6.57. The maximum atomic E-state index is 5.85. The summed E-state index contributed by atoms with van der Waals surface area (Å²) in [5, 5.41) is 0. The first-order chi connectivity index (χ1) is 8.65. The normalized spacial score (nSPS) is 25.0. The molecule has 1 saturated heterocycles. The third kappa shape index (κ3) is 3.64. The minimum atomic E-state index is 0.716. The van der Waals surface area contributed by atoms with Gasteiger partial charge in [-0.05, 0) is 30.4 Å². The van der Waals surface area contributed by atoms with Crippen LogP contribution in [0.2, 0.25) is 0 Å². The van der Waals surface area contributed by atoms with Crippen molar-refractivity contribution < 1.29 is 4.74 Å². The Bertz CT molecular complexity index is 371. The predicted octanol–water partition coefficient (Wildman–Crippen LogP) is 2.63. The molecule has 2 atom stereocenters. The number of likely N-dealkylation sites (tertiary alicyclic amines) is 1. The van der Waals surface area contributed by atoms with E-state index in [-0.39, 0.29) is 0 Å². The highest BCUT2D eigenvalue weighted by molar-refractivity contribution is 5.51. The van der Waals surface area contributed by atoms with Crippen molar-refractivity contribution in [2.75, 3.05) is 32.0 Å². The summed E-state index contributed by atoms with van der Waals surface area (Å²) in [5.74, 6) is 2.40. The maximum absolute atomic E-state index is 5.85. The van der Waals surface area contributed by atoms with Crippen molar-refractivity contribution >= 4 is 5.69 Å². The van der Waals surface area contributed by atoms with Gasteiger partial charge in [-0.15, -0.1) is 0 Å². The number of hydrogen-bond acceptors (Lipinski definition) is 3. The summed E-state index contributed by atoms with van der Waals surface area (Å²) in [6.07, 6.45) is 1.35. The van der Waals surface area contributed by atoms with Gasteiger partial charge in [0.25, 0.3) is 0 Å². The number of nitrogens with zero attached hydrogens (tertiary/aromatic N) is 1. The van der Waals surface area contributed by atoms with Gasteiger partial charge in [-0.25, -0.2) is 0 Å². The highest BCUT2D eigenvalue weighted by atomic mass is 16.5. The Morgan fingerprint density at radius 2 is 1.89 bits per heavy atom. The van der Waals surface area contributed by atoms with Crippen molar-refractivity contribution in [2.45, 2.75) is 20.3 Å². The zero-order valence-electron chi connectivity index (χ0n) is 11.4. The van der Waals surface area contributed by atoms with E-state index in [1.165, 1.54) is 19.5 Å². The molecular weight excluding hydrogens is 224 g/mol. The molecule has 2 rings (SSSR count). The fourth-order valence-electron chi connectivity index (χ4n) is 2.87. The molecule has 0 aliphatic carbocycles. The molecule has 3 nitrogen and oxygen atoms in total. The molecule has 1 heterocycles. The molecule has 0 bridgehead atoms. The number of hydrogen-bond donors (Lipinski definition) is 1. The number of rotatable bonds is 4. The van der Waals surface area contributed by atoms with Gasteiger partial charge in [0.15, 0.2) is 0 Å². The second-order valence-electron chi connectivity index (χ2n) is 5.59. The quantitative estimate of drug-likeness (QED) is 0.832. The van der Waals surface area contributed by atoms with E-state index in [4.69, 9.17) is 10.5 Å². The number of benzene rings is 1. The van der Waals surface area contributed by atoms with E-state index in [0.29, 0.717) is 6.61 Å². The van der Waals surface area contributed by atoms with Gasteiger partial charge in [-0.2, -0.15) is 0 Å². The molecule has 100 valence electrons. The Kier molecular flexibility index (Phi) is 4.48. The van der Waals surface area contributed by atoms with E-state index < -0.39 is 0 Å². The smallest absolute Gasteiger partial charge is 0.142 e. The van der Waals surface area contributed by atoms with Crippen molar-refractivity contribution in [1.29, 1.82) is 0 Å². The molecule has 1 fully saturated rings. The molecule has 1 aliphatic heterocycles. The van der Waals surface area contributed by atoms with Crippen molar-refractivity contribution in [3.63, 3.8) is 0 Å². The van der Waals surface area contributed by atoms with Gasteiger partial charge in [0, 0.05) is 19.6 Å². The molecule has 0 amide bonds. The average Bonchev–Trinajstić information content (AvgIpc) is 2.30. The Morgan fingerprint density at radius 3 is 2.56 bits per heavy atom. The fourth-order valence-corrected chi connectivity index (χ4v) is 2.87.